The number of rotatable bonds is 6. The van der Waals surface area contributed by atoms with Crippen LogP contribution in [0.25, 0.3) is 0 Å². The van der Waals surface area contributed by atoms with Crippen molar-refractivity contribution in [2.24, 2.45) is 0 Å². The summed E-state index contributed by atoms with van der Waals surface area (Å²) in [6.45, 7) is 4.18. The number of pyridine rings is 1. The number of amides is 1. The average molecular weight is 456 g/mol. The van der Waals surface area contributed by atoms with Crippen molar-refractivity contribution in [3.05, 3.63) is 82.5 Å². The quantitative estimate of drug-likeness (QED) is 0.562. The molecule has 4 rings (SSSR count). The summed E-state index contributed by atoms with van der Waals surface area (Å²) in [4.78, 5) is 21.1. The smallest absolute Gasteiger partial charge is 0.289 e. The molecule has 150 valence electrons. The first kappa shape index (κ1) is 19.7. The van der Waals surface area contributed by atoms with Crippen molar-refractivity contribution in [3.8, 4) is 5.75 Å². The number of furan rings is 1. The van der Waals surface area contributed by atoms with Crippen LogP contribution in [0, 0.1) is 0 Å². The molecule has 0 spiro atoms. The molecule has 0 unspecified atom stereocenters. The lowest BCUT2D eigenvalue weighted by Crippen LogP contribution is -2.48. The summed E-state index contributed by atoms with van der Waals surface area (Å²) in [5, 5.41) is 0. The highest BCUT2D eigenvalue weighted by atomic mass is 79.9. The molecule has 7 heteroatoms. The Balaban J connectivity index is 1.27. The summed E-state index contributed by atoms with van der Waals surface area (Å²) in [6, 6.07) is 15.1. The molecule has 0 bridgehead atoms. The highest BCUT2D eigenvalue weighted by molar-refractivity contribution is 9.10. The van der Waals surface area contributed by atoms with Gasteiger partial charge in [0.05, 0.1) is 0 Å². The zero-order valence-electron chi connectivity index (χ0n) is 16.0. The first-order valence-corrected chi connectivity index (χ1v) is 10.3. The van der Waals surface area contributed by atoms with Gasteiger partial charge in [0, 0.05) is 49.6 Å². The fraction of sp³-hybridized carbons (Fsp3) is 0.273. The third-order valence-electron chi connectivity index (χ3n) is 4.86. The minimum atomic E-state index is -0.0686. The normalized spacial score (nSPS) is 14.7. The first-order chi connectivity index (χ1) is 14.2. The Morgan fingerprint density at radius 2 is 1.86 bits per heavy atom. The molecule has 0 N–H and O–H groups in total. The molecule has 1 saturated heterocycles. The lowest BCUT2D eigenvalue weighted by Gasteiger charge is -2.34. The number of halogens is 1. The first-order valence-electron chi connectivity index (χ1n) is 9.55. The van der Waals surface area contributed by atoms with Gasteiger partial charge in [-0.25, -0.2) is 0 Å². The van der Waals surface area contributed by atoms with Crippen LogP contribution in [0.1, 0.15) is 21.9 Å². The van der Waals surface area contributed by atoms with Crippen molar-refractivity contribution in [1.82, 2.24) is 14.8 Å². The Hall–Kier alpha value is -2.64. The molecule has 1 aromatic carbocycles. The zero-order chi connectivity index (χ0) is 20.1. The molecular weight excluding hydrogens is 434 g/mol. The van der Waals surface area contributed by atoms with Gasteiger partial charge in [-0.1, -0.05) is 22.0 Å². The molecule has 1 fully saturated rings. The lowest BCUT2D eigenvalue weighted by molar-refractivity contribution is 0.0594. The number of aromatic nitrogens is 1. The maximum atomic E-state index is 12.7. The number of benzene rings is 1. The van der Waals surface area contributed by atoms with Gasteiger partial charge in [-0.2, -0.15) is 0 Å². The fourth-order valence-electron chi connectivity index (χ4n) is 3.27. The number of carbonyl (C=O) groups is 1. The van der Waals surface area contributed by atoms with Crippen LogP contribution in [0.3, 0.4) is 0 Å². The van der Waals surface area contributed by atoms with Crippen molar-refractivity contribution in [3.63, 3.8) is 0 Å². The number of hydrogen-bond donors (Lipinski definition) is 0. The molecule has 3 heterocycles. The second kappa shape index (κ2) is 9.24. The van der Waals surface area contributed by atoms with E-state index in [0.717, 1.165) is 29.9 Å². The van der Waals surface area contributed by atoms with E-state index in [9.17, 15) is 4.79 Å². The zero-order valence-corrected chi connectivity index (χ0v) is 17.5. The standard InChI is InChI=1S/C22H22BrN3O3/c23-18-3-5-19(6-4-18)28-16-20-7-8-21(29-20)22(27)26-12-10-25(11-13-26)15-17-2-1-9-24-14-17/h1-9,14H,10-13,15-16H2. The number of piperazine rings is 1. The van der Waals surface area contributed by atoms with Crippen LogP contribution >= 0.6 is 15.9 Å². The van der Waals surface area contributed by atoms with E-state index in [1.165, 1.54) is 5.56 Å². The van der Waals surface area contributed by atoms with Gasteiger partial charge in [0.2, 0.25) is 0 Å². The van der Waals surface area contributed by atoms with E-state index in [2.05, 4.69) is 31.9 Å². The van der Waals surface area contributed by atoms with E-state index in [-0.39, 0.29) is 12.5 Å². The highest BCUT2D eigenvalue weighted by Crippen LogP contribution is 2.19. The van der Waals surface area contributed by atoms with Gasteiger partial charge in [0.25, 0.3) is 5.91 Å². The highest BCUT2D eigenvalue weighted by Gasteiger charge is 2.24. The largest absolute Gasteiger partial charge is 0.486 e. The minimum Gasteiger partial charge on any atom is -0.486 e. The van der Waals surface area contributed by atoms with E-state index in [4.69, 9.17) is 9.15 Å². The average Bonchev–Trinajstić information content (AvgIpc) is 3.23. The second-order valence-corrected chi connectivity index (χ2v) is 7.85. The van der Waals surface area contributed by atoms with Gasteiger partial charge >= 0.3 is 0 Å². The van der Waals surface area contributed by atoms with Crippen LogP contribution in [-0.2, 0) is 13.2 Å². The molecule has 0 radical (unpaired) electrons. The Morgan fingerprint density at radius 3 is 2.59 bits per heavy atom. The van der Waals surface area contributed by atoms with Gasteiger partial charge in [-0.15, -0.1) is 0 Å². The predicted octanol–water partition coefficient (Wildman–Crippen LogP) is 3.97. The van der Waals surface area contributed by atoms with E-state index in [0.29, 0.717) is 24.6 Å². The van der Waals surface area contributed by atoms with Gasteiger partial charge in [0.15, 0.2) is 5.76 Å². The Labute approximate surface area is 178 Å². The van der Waals surface area contributed by atoms with Crippen molar-refractivity contribution in [2.45, 2.75) is 13.2 Å². The van der Waals surface area contributed by atoms with E-state index in [1.54, 1.807) is 18.3 Å². The van der Waals surface area contributed by atoms with E-state index < -0.39 is 0 Å². The van der Waals surface area contributed by atoms with Crippen LogP contribution in [0.2, 0.25) is 0 Å². The third-order valence-corrected chi connectivity index (χ3v) is 5.38. The molecule has 3 aromatic rings. The Bertz CT molecular complexity index is 935. The van der Waals surface area contributed by atoms with Gasteiger partial charge in [-0.3, -0.25) is 14.7 Å². The molecule has 0 aliphatic carbocycles. The van der Waals surface area contributed by atoms with E-state index >= 15 is 0 Å². The van der Waals surface area contributed by atoms with Gasteiger partial charge in [0.1, 0.15) is 18.1 Å². The maximum absolute atomic E-state index is 12.7. The molecule has 1 amide bonds. The topological polar surface area (TPSA) is 58.8 Å². The summed E-state index contributed by atoms with van der Waals surface area (Å²) in [5.41, 5.74) is 1.19. The van der Waals surface area contributed by atoms with Crippen LogP contribution in [0.4, 0.5) is 0 Å². The summed E-state index contributed by atoms with van der Waals surface area (Å²) in [7, 11) is 0. The van der Waals surface area contributed by atoms with E-state index in [1.807, 2.05) is 41.4 Å². The van der Waals surface area contributed by atoms with Crippen LogP contribution in [0.15, 0.2) is 69.8 Å². The van der Waals surface area contributed by atoms with Gasteiger partial charge < -0.3 is 14.1 Å². The second-order valence-electron chi connectivity index (χ2n) is 6.94. The van der Waals surface area contributed by atoms with Crippen molar-refractivity contribution >= 4 is 21.8 Å². The van der Waals surface area contributed by atoms with Gasteiger partial charge in [-0.05, 0) is 48.0 Å². The lowest BCUT2D eigenvalue weighted by atomic mass is 10.2. The monoisotopic (exact) mass is 455 g/mol. The predicted molar refractivity (Wildman–Crippen MR) is 113 cm³/mol. The molecule has 1 aliphatic rings. The molecule has 0 atom stereocenters. The van der Waals surface area contributed by atoms with Crippen molar-refractivity contribution < 1.29 is 13.9 Å². The summed E-state index contributed by atoms with van der Waals surface area (Å²) < 4.78 is 12.4. The molecule has 0 saturated carbocycles. The summed E-state index contributed by atoms with van der Waals surface area (Å²) >= 11 is 3.40. The maximum Gasteiger partial charge on any atom is 0.289 e. The third kappa shape index (κ3) is 5.25. The number of carbonyl (C=O) groups excluding carboxylic acids is 1. The molecular formula is C22H22BrN3O3. The number of ether oxygens (including phenoxy) is 1. The van der Waals surface area contributed by atoms with Crippen LogP contribution in [0.5, 0.6) is 5.75 Å². The SMILES string of the molecule is O=C(c1ccc(COc2ccc(Br)cc2)o1)N1CCN(Cc2cccnc2)CC1. The Morgan fingerprint density at radius 1 is 1.07 bits per heavy atom. The molecule has 2 aromatic heterocycles. The van der Waals surface area contributed by atoms with Crippen LogP contribution < -0.4 is 4.74 Å². The summed E-state index contributed by atoms with van der Waals surface area (Å²) in [6.07, 6.45) is 3.67. The Kier molecular flexibility index (Phi) is 6.27. The number of hydrogen-bond acceptors (Lipinski definition) is 5. The molecule has 1 aliphatic heterocycles. The molecule has 6 nitrogen and oxygen atoms in total. The molecule has 29 heavy (non-hydrogen) atoms. The van der Waals surface area contributed by atoms with Crippen molar-refractivity contribution in [2.75, 3.05) is 26.2 Å². The summed E-state index contributed by atoms with van der Waals surface area (Å²) in [5.74, 6) is 1.68. The van der Waals surface area contributed by atoms with Crippen LogP contribution in [-0.4, -0.2) is 46.9 Å². The fourth-order valence-corrected chi connectivity index (χ4v) is 3.53. The minimum absolute atomic E-state index is 0.0686. The number of nitrogens with zero attached hydrogens (tertiary/aromatic N) is 3. The van der Waals surface area contributed by atoms with Crippen molar-refractivity contribution in [1.29, 1.82) is 0 Å².